The quantitative estimate of drug-likeness (QED) is 0.791. The van der Waals surface area contributed by atoms with Crippen molar-refractivity contribution in [1.29, 1.82) is 0 Å². The molecule has 110 valence electrons. The Kier molecular flexibility index (Phi) is 5.26. The second-order valence-electron chi connectivity index (χ2n) is 4.88. The highest BCUT2D eigenvalue weighted by Gasteiger charge is 2.46. The summed E-state index contributed by atoms with van der Waals surface area (Å²) >= 11 is 11.2. The van der Waals surface area contributed by atoms with E-state index in [0.717, 1.165) is 16.6 Å². The molecule has 0 aliphatic carbocycles. The lowest BCUT2D eigenvalue weighted by molar-refractivity contribution is -0.147. The number of carbonyl (C=O) groups is 1. The van der Waals surface area contributed by atoms with E-state index in [1.807, 2.05) is 19.1 Å². The van der Waals surface area contributed by atoms with E-state index in [4.69, 9.17) is 16.3 Å². The number of nitrogens with one attached hydrogen (secondary N) is 1. The van der Waals surface area contributed by atoms with E-state index in [9.17, 15) is 4.79 Å². The average molecular weight is 379 g/mol. The van der Waals surface area contributed by atoms with Gasteiger partial charge in [-0.15, -0.1) is 0 Å². The summed E-state index contributed by atoms with van der Waals surface area (Å²) in [6.07, 6.45) is 0.761. The predicted molar refractivity (Wildman–Crippen MR) is 88.7 cm³/mol. The van der Waals surface area contributed by atoms with Gasteiger partial charge in [0, 0.05) is 21.2 Å². The first kappa shape index (κ1) is 16.0. The first-order valence-electron chi connectivity index (χ1n) is 6.49. The number of rotatable bonds is 4. The fraction of sp³-hybridized carbons (Fsp3) is 0.500. The molecule has 1 aliphatic heterocycles. The van der Waals surface area contributed by atoms with Crippen molar-refractivity contribution in [3.8, 4) is 0 Å². The molecule has 1 aromatic carbocycles. The van der Waals surface area contributed by atoms with Gasteiger partial charge in [-0.05, 0) is 47.5 Å². The minimum Gasteiger partial charge on any atom is -0.464 e. The molecule has 0 bridgehead atoms. The summed E-state index contributed by atoms with van der Waals surface area (Å²) in [4.78, 5) is 12.3. The highest BCUT2D eigenvalue weighted by atomic mass is 79.9. The number of anilines is 1. The van der Waals surface area contributed by atoms with E-state index in [1.54, 1.807) is 17.8 Å². The third-order valence-corrected chi connectivity index (χ3v) is 5.83. The van der Waals surface area contributed by atoms with Gasteiger partial charge in [0.1, 0.15) is 5.54 Å². The van der Waals surface area contributed by atoms with Gasteiger partial charge in [-0.25, -0.2) is 4.79 Å². The molecule has 0 radical (unpaired) electrons. The Morgan fingerprint density at radius 1 is 1.65 bits per heavy atom. The Balaban J connectivity index is 2.24. The van der Waals surface area contributed by atoms with E-state index in [1.165, 1.54) is 0 Å². The first-order valence-corrected chi connectivity index (χ1v) is 8.71. The van der Waals surface area contributed by atoms with E-state index < -0.39 is 5.54 Å². The predicted octanol–water partition coefficient (Wildman–Crippen LogP) is 4.34. The van der Waals surface area contributed by atoms with Crippen LogP contribution in [0.25, 0.3) is 0 Å². The molecular formula is C14H17BrClNO2S. The number of thioether (sulfide) groups is 1. The molecule has 1 aliphatic rings. The molecule has 6 heteroatoms. The van der Waals surface area contributed by atoms with Gasteiger partial charge in [-0.2, -0.15) is 11.8 Å². The van der Waals surface area contributed by atoms with Gasteiger partial charge in [0.15, 0.2) is 0 Å². The molecule has 0 spiro atoms. The molecule has 1 aromatic rings. The van der Waals surface area contributed by atoms with Crippen LogP contribution in [0.15, 0.2) is 22.7 Å². The molecule has 0 amide bonds. The highest BCUT2D eigenvalue weighted by molar-refractivity contribution is 9.10. The van der Waals surface area contributed by atoms with Crippen LogP contribution >= 0.6 is 39.3 Å². The summed E-state index contributed by atoms with van der Waals surface area (Å²) in [5.74, 6) is 0.538. The Morgan fingerprint density at radius 2 is 2.40 bits per heavy atom. The van der Waals surface area contributed by atoms with Gasteiger partial charge in [0.25, 0.3) is 0 Å². The van der Waals surface area contributed by atoms with Crippen molar-refractivity contribution in [2.45, 2.75) is 31.1 Å². The van der Waals surface area contributed by atoms with Gasteiger partial charge in [-0.3, -0.25) is 0 Å². The zero-order chi connectivity index (χ0) is 14.8. The Morgan fingerprint density at radius 3 is 2.95 bits per heavy atom. The van der Waals surface area contributed by atoms with E-state index in [-0.39, 0.29) is 5.97 Å². The maximum absolute atomic E-state index is 12.3. The molecule has 1 saturated heterocycles. The summed E-state index contributed by atoms with van der Waals surface area (Å²) in [5, 5.41) is 4.43. The van der Waals surface area contributed by atoms with Crippen LogP contribution in [0.2, 0.25) is 5.02 Å². The second kappa shape index (κ2) is 6.58. The third kappa shape index (κ3) is 3.43. The summed E-state index contributed by atoms with van der Waals surface area (Å²) in [7, 11) is 0. The number of halogens is 2. The van der Waals surface area contributed by atoms with Crippen molar-refractivity contribution in [2.24, 2.45) is 0 Å². The van der Waals surface area contributed by atoms with Crippen LogP contribution in [-0.2, 0) is 9.53 Å². The van der Waals surface area contributed by atoms with E-state index in [2.05, 4.69) is 28.2 Å². The van der Waals surface area contributed by atoms with Gasteiger partial charge in [-0.1, -0.05) is 18.5 Å². The largest absolute Gasteiger partial charge is 0.464 e. The van der Waals surface area contributed by atoms with Crippen LogP contribution in [0.5, 0.6) is 0 Å². The summed E-state index contributed by atoms with van der Waals surface area (Å²) < 4.78 is 6.06. The molecule has 0 aromatic heterocycles. The normalized spacial score (nSPS) is 25.5. The lowest BCUT2D eigenvalue weighted by atomic mass is 9.95. The molecule has 1 heterocycles. The molecule has 0 saturated carbocycles. The fourth-order valence-corrected chi connectivity index (χ4v) is 4.07. The van der Waals surface area contributed by atoms with Gasteiger partial charge in [0.2, 0.25) is 0 Å². The molecule has 2 atom stereocenters. The number of esters is 1. The van der Waals surface area contributed by atoms with Crippen molar-refractivity contribution in [2.75, 3.05) is 17.7 Å². The number of ether oxygens (including phenoxy) is 1. The van der Waals surface area contributed by atoms with Crippen molar-refractivity contribution < 1.29 is 9.53 Å². The topological polar surface area (TPSA) is 38.3 Å². The number of carbonyl (C=O) groups excluding carboxylic acids is 1. The Labute approximate surface area is 136 Å². The maximum atomic E-state index is 12.3. The van der Waals surface area contributed by atoms with Crippen LogP contribution in [0.4, 0.5) is 5.69 Å². The zero-order valence-corrected chi connectivity index (χ0v) is 14.6. The number of benzene rings is 1. The summed E-state index contributed by atoms with van der Waals surface area (Å²) in [5.41, 5.74) is 0.219. The van der Waals surface area contributed by atoms with E-state index >= 15 is 0 Å². The van der Waals surface area contributed by atoms with Crippen molar-refractivity contribution in [1.82, 2.24) is 0 Å². The lowest BCUT2D eigenvalue weighted by Crippen LogP contribution is -2.48. The molecule has 2 rings (SSSR count). The van der Waals surface area contributed by atoms with Crippen LogP contribution in [0, 0.1) is 0 Å². The lowest BCUT2D eigenvalue weighted by Gasteiger charge is -2.28. The van der Waals surface area contributed by atoms with Crippen LogP contribution < -0.4 is 5.32 Å². The molecule has 1 N–H and O–H groups in total. The first-order chi connectivity index (χ1) is 9.47. The summed E-state index contributed by atoms with van der Waals surface area (Å²) in [6.45, 7) is 4.35. The SMILES string of the molecule is CCOC(=O)C1(Nc2ccc(Cl)c(Br)c2)CSC(C)C1. The molecule has 20 heavy (non-hydrogen) atoms. The number of hydrogen-bond donors (Lipinski definition) is 1. The Bertz CT molecular complexity index is 514. The van der Waals surface area contributed by atoms with Gasteiger partial charge >= 0.3 is 5.97 Å². The van der Waals surface area contributed by atoms with Crippen molar-refractivity contribution >= 4 is 50.9 Å². The van der Waals surface area contributed by atoms with Gasteiger partial charge < -0.3 is 10.1 Å². The summed E-state index contributed by atoms with van der Waals surface area (Å²) in [6, 6.07) is 5.57. The molecule has 3 nitrogen and oxygen atoms in total. The zero-order valence-electron chi connectivity index (χ0n) is 11.4. The molecule has 1 fully saturated rings. The minimum atomic E-state index is -0.645. The molecular weight excluding hydrogens is 362 g/mol. The highest BCUT2D eigenvalue weighted by Crippen LogP contribution is 2.38. The second-order valence-corrected chi connectivity index (χ2v) is 7.57. The Hall–Kier alpha value is -0.390. The van der Waals surface area contributed by atoms with Crippen molar-refractivity contribution in [3.05, 3.63) is 27.7 Å². The monoisotopic (exact) mass is 377 g/mol. The van der Waals surface area contributed by atoms with E-state index in [0.29, 0.717) is 22.6 Å². The third-order valence-electron chi connectivity index (χ3n) is 3.22. The van der Waals surface area contributed by atoms with Gasteiger partial charge in [0.05, 0.1) is 11.6 Å². The fourth-order valence-electron chi connectivity index (χ4n) is 2.29. The number of hydrogen-bond acceptors (Lipinski definition) is 4. The molecule has 2 unspecified atom stereocenters. The average Bonchev–Trinajstić information content (AvgIpc) is 2.77. The smallest absolute Gasteiger partial charge is 0.332 e. The maximum Gasteiger partial charge on any atom is 0.332 e. The van der Waals surface area contributed by atoms with Crippen LogP contribution in [-0.4, -0.2) is 29.1 Å². The van der Waals surface area contributed by atoms with Crippen molar-refractivity contribution in [3.63, 3.8) is 0 Å². The minimum absolute atomic E-state index is 0.178. The van der Waals surface area contributed by atoms with Crippen LogP contribution in [0.3, 0.4) is 0 Å². The standard InChI is InChI=1S/C14H17BrClNO2S/c1-3-19-13(18)14(7-9(2)20-8-14)17-10-4-5-12(16)11(15)6-10/h4-6,9,17H,3,7-8H2,1-2H3. The van der Waals surface area contributed by atoms with Crippen LogP contribution in [0.1, 0.15) is 20.3 Å².